The highest BCUT2D eigenvalue weighted by Crippen LogP contribution is 2.01. The van der Waals surface area contributed by atoms with Crippen molar-refractivity contribution >= 4 is 5.97 Å². The lowest BCUT2D eigenvalue weighted by molar-refractivity contribution is -0.134. The van der Waals surface area contributed by atoms with Gasteiger partial charge in [0.1, 0.15) is 5.82 Å². The van der Waals surface area contributed by atoms with Crippen LogP contribution < -0.4 is 5.73 Å². The molecule has 0 aliphatic rings. The lowest BCUT2D eigenvalue weighted by Gasteiger charge is -1.95. The van der Waals surface area contributed by atoms with Crippen LogP contribution in [0.15, 0.2) is 24.3 Å². The summed E-state index contributed by atoms with van der Waals surface area (Å²) in [5.41, 5.74) is 6.39. The van der Waals surface area contributed by atoms with Gasteiger partial charge in [-0.1, -0.05) is 12.1 Å². The van der Waals surface area contributed by atoms with Crippen molar-refractivity contribution in [2.24, 2.45) is 5.73 Å². The third-order valence-electron chi connectivity index (χ3n) is 1.35. The summed E-state index contributed by atoms with van der Waals surface area (Å²) in [6.07, 6.45) is 0.820. The standard InChI is InChI=1S/C8H10FN.C2H4O2/c9-8-3-1-7(2-4-8)5-6-10;1-2(3)4/h1-4H,5-6,10H2;1H3,(H,3,4). The first kappa shape index (κ1) is 12.6. The van der Waals surface area contributed by atoms with E-state index in [2.05, 4.69) is 0 Å². The molecule has 0 fully saturated rings. The van der Waals surface area contributed by atoms with Gasteiger partial charge in [-0.05, 0) is 30.7 Å². The van der Waals surface area contributed by atoms with Crippen LogP contribution in [-0.2, 0) is 11.2 Å². The molecule has 0 atom stereocenters. The van der Waals surface area contributed by atoms with Crippen molar-refractivity contribution in [3.63, 3.8) is 0 Å². The van der Waals surface area contributed by atoms with Crippen molar-refractivity contribution in [1.82, 2.24) is 0 Å². The molecule has 1 aromatic carbocycles. The van der Waals surface area contributed by atoms with E-state index >= 15 is 0 Å². The lowest BCUT2D eigenvalue weighted by atomic mass is 10.1. The summed E-state index contributed by atoms with van der Waals surface area (Å²) in [6, 6.07) is 6.40. The molecule has 1 aromatic rings. The monoisotopic (exact) mass is 199 g/mol. The fraction of sp³-hybridized carbons (Fsp3) is 0.300. The molecular weight excluding hydrogens is 185 g/mol. The molecule has 0 unspecified atom stereocenters. The van der Waals surface area contributed by atoms with Crippen molar-refractivity contribution in [3.05, 3.63) is 35.6 Å². The minimum Gasteiger partial charge on any atom is -0.481 e. The van der Waals surface area contributed by atoms with Crippen molar-refractivity contribution in [3.8, 4) is 0 Å². The van der Waals surface area contributed by atoms with E-state index in [-0.39, 0.29) is 5.82 Å². The number of aliphatic carboxylic acids is 1. The molecule has 3 N–H and O–H groups in total. The number of carbonyl (C=O) groups is 1. The first-order valence-corrected chi connectivity index (χ1v) is 4.20. The van der Waals surface area contributed by atoms with Crippen molar-refractivity contribution in [2.45, 2.75) is 13.3 Å². The highest BCUT2D eigenvalue weighted by Gasteiger charge is 1.90. The maximum Gasteiger partial charge on any atom is 0.300 e. The average Bonchev–Trinajstić information content (AvgIpc) is 2.08. The first-order chi connectivity index (χ1) is 6.56. The van der Waals surface area contributed by atoms with Gasteiger partial charge >= 0.3 is 0 Å². The Balaban J connectivity index is 0.000000364. The Morgan fingerprint density at radius 1 is 1.43 bits per heavy atom. The predicted octanol–water partition coefficient (Wildman–Crippen LogP) is 1.42. The van der Waals surface area contributed by atoms with Crippen molar-refractivity contribution in [1.29, 1.82) is 0 Å². The van der Waals surface area contributed by atoms with E-state index in [1.165, 1.54) is 12.1 Å². The molecule has 4 heteroatoms. The second-order valence-corrected chi connectivity index (χ2v) is 2.68. The summed E-state index contributed by atoms with van der Waals surface area (Å²) in [4.78, 5) is 9.00. The molecule has 0 bridgehead atoms. The molecule has 0 radical (unpaired) electrons. The van der Waals surface area contributed by atoms with Crippen LogP contribution in [0.1, 0.15) is 12.5 Å². The highest BCUT2D eigenvalue weighted by atomic mass is 19.1. The van der Waals surface area contributed by atoms with Crippen LogP contribution in [0.5, 0.6) is 0 Å². The molecule has 0 aliphatic heterocycles. The van der Waals surface area contributed by atoms with E-state index < -0.39 is 5.97 Å². The SMILES string of the molecule is CC(=O)O.NCCc1ccc(F)cc1. The Morgan fingerprint density at radius 3 is 2.21 bits per heavy atom. The second-order valence-electron chi connectivity index (χ2n) is 2.68. The topological polar surface area (TPSA) is 63.3 Å². The minimum absolute atomic E-state index is 0.194. The Labute approximate surface area is 82.4 Å². The fourth-order valence-electron chi connectivity index (χ4n) is 0.818. The molecule has 0 aliphatic carbocycles. The Kier molecular flexibility index (Phi) is 6.32. The number of hydrogen-bond acceptors (Lipinski definition) is 2. The number of carboxylic acids is 1. The maximum atomic E-state index is 12.3. The van der Waals surface area contributed by atoms with E-state index in [1.54, 1.807) is 12.1 Å². The molecule has 0 heterocycles. The summed E-state index contributed by atoms with van der Waals surface area (Å²) >= 11 is 0. The first-order valence-electron chi connectivity index (χ1n) is 4.20. The molecular formula is C10H14FNO2. The van der Waals surface area contributed by atoms with Gasteiger partial charge in [0.15, 0.2) is 0 Å². The molecule has 0 aromatic heterocycles. The highest BCUT2D eigenvalue weighted by molar-refractivity contribution is 5.62. The third-order valence-corrected chi connectivity index (χ3v) is 1.35. The smallest absolute Gasteiger partial charge is 0.300 e. The Morgan fingerprint density at radius 2 is 1.86 bits per heavy atom. The number of hydrogen-bond donors (Lipinski definition) is 2. The van der Waals surface area contributed by atoms with Crippen LogP contribution in [0.2, 0.25) is 0 Å². The second kappa shape index (κ2) is 7.03. The lowest BCUT2D eigenvalue weighted by Crippen LogP contribution is -2.02. The zero-order valence-electron chi connectivity index (χ0n) is 8.03. The van der Waals surface area contributed by atoms with E-state index in [0.717, 1.165) is 18.9 Å². The van der Waals surface area contributed by atoms with Crippen LogP contribution in [0.4, 0.5) is 4.39 Å². The summed E-state index contributed by atoms with van der Waals surface area (Å²) in [6.45, 7) is 1.70. The molecule has 78 valence electrons. The van der Waals surface area contributed by atoms with E-state index in [1.807, 2.05) is 0 Å². The van der Waals surface area contributed by atoms with Gasteiger partial charge in [0.25, 0.3) is 5.97 Å². The van der Waals surface area contributed by atoms with Gasteiger partial charge in [-0.3, -0.25) is 4.79 Å². The van der Waals surface area contributed by atoms with Gasteiger partial charge in [0.2, 0.25) is 0 Å². The summed E-state index contributed by atoms with van der Waals surface area (Å²) in [7, 11) is 0. The van der Waals surface area contributed by atoms with Crippen molar-refractivity contribution < 1.29 is 14.3 Å². The van der Waals surface area contributed by atoms with Crippen LogP contribution in [-0.4, -0.2) is 17.6 Å². The van der Waals surface area contributed by atoms with Gasteiger partial charge in [0, 0.05) is 6.92 Å². The normalized spacial score (nSPS) is 8.79. The molecule has 1 rings (SSSR count). The zero-order valence-corrected chi connectivity index (χ0v) is 8.03. The molecule has 0 saturated heterocycles. The summed E-state index contributed by atoms with van der Waals surface area (Å²) in [5.74, 6) is -1.03. The average molecular weight is 199 g/mol. The molecule has 14 heavy (non-hydrogen) atoms. The number of carboxylic acid groups (broad SMARTS) is 1. The van der Waals surface area contributed by atoms with E-state index in [9.17, 15) is 4.39 Å². The van der Waals surface area contributed by atoms with Gasteiger partial charge in [-0.25, -0.2) is 4.39 Å². The van der Waals surface area contributed by atoms with Crippen LogP contribution in [0.25, 0.3) is 0 Å². The van der Waals surface area contributed by atoms with Gasteiger partial charge in [-0.2, -0.15) is 0 Å². The van der Waals surface area contributed by atoms with E-state index in [4.69, 9.17) is 15.6 Å². The zero-order chi connectivity index (χ0) is 11.0. The number of benzene rings is 1. The van der Waals surface area contributed by atoms with E-state index in [0.29, 0.717) is 6.54 Å². The van der Waals surface area contributed by atoms with Crippen LogP contribution in [0, 0.1) is 5.82 Å². The van der Waals surface area contributed by atoms with Crippen LogP contribution >= 0.6 is 0 Å². The van der Waals surface area contributed by atoms with Crippen molar-refractivity contribution in [2.75, 3.05) is 6.54 Å². The quantitative estimate of drug-likeness (QED) is 0.757. The molecule has 3 nitrogen and oxygen atoms in total. The summed E-state index contributed by atoms with van der Waals surface area (Å²) < 4.78 is 12.3. The maximum absolute atomic E-state index is 12.3. The third kappa shape index (κ3) is 7.24. The summed E-state index contributed by atoms with van der Waals surface area (Å²) in [5, 5.41) is 7.42. The largest absolute Gasteiger partial charge is 0.481 e. The number of rotatable bonds is 2. The number of nitrogens with two attached hydrogens (primary N) is 1. The van der Waals surface area contributed by atoms with Gasteiger partial charge < -0.3 is 10.8 Å². The Bertz CT molecular complexity index is 268. The predicted molar refractivity (Wildman–Crippen MR) is 52.5 cm³/mol. The minimum atomic E-state index is -0.833. The molecule has 0 saturated carbocycles. The number of halogens is 1. The molecule has 0 spiro atoms. The Hall–Kier alpha value is -1.42. The fourth-order valence-corrected chi connectivity index (χ4v) is 0.818. The van der Waals surface area contributed by atoms with Gasteiger partial charge in [-0.15, -0.1) is 0 Å². The molecule has 0 amide bonds. The van der Waals surface area contributed by atoms with Gasteiger partial charge in [0.05, 0.1) is 0 Å². The van der Waals surface area contributed by atoms with Crippen LogP contribution in [0.3, 0.4) is 0 Å².